The van der Waals surface area contributed by atoms with Gasteiger partial charge in [-0.05, 0) is 49.5 Å². The van der Waals surface area contributed by atoms with E-state index in [9.17, 15) is 14.7 Å². The fourth-order valence-corrected chi connectivity index (χ4v) is 4.69. The molecule has 5 nitrogen and oxygen atoms in total. The van der Waals surface area contributed by atoms with E-state index in [1.807, 2.05) is 37.3 Å². The minimum absolute atomic E-state index is 0.0550. The Balaban J connectivity index is 1.47. The first-order valence-electron chi connectivity index (χ1n) is 10.7. The zero-order chi connectivity index (χ0) is 20.4. The molecule has 0 unspecified atom stereocenters. The third kappa shape index (κ3) is 4.15. The van der Waals surface area contributed by atoms with Crippen LogP contribution in [0.2, 0.25) is 0 Å². The summed E-state index contributed by atoms with van der Waals surface area (Å²) in [7, 11) is 0. The maximum atomic E-state index is 13.0. The Morgan fingerprint density at radius 2 is 1.93 bits per heavy atom. The minimum atomic E-state index is -0.251. The molecule has 2 atom stereocenters. The second-order valence-electron chi connectivity index (χ2n) is 8.43. The summed E-state index contributed by atoms with van der Waals surface area (Å²) in [6.45, 7) is 3.85. The van der Waals surface area contributed by atoms with Crippen molar-refractivity contribution in [2.24, 2.45) is 11.8 Å². The molecule has 1 aliphatic heterocycles. The number of Topliss-reactive ketones (excluding diaryl/α,β-unsaturated/α-hetero) is 1. The van der Waals surface area contributed by atoms with Gasteiger partial charge in [0.15, 0.2) is 5.78 Å². The van der Waals surface area contributed by atoms with Crippen molar-refractivity contribution in [3.05, 3.63) is 42.0 Å². The van der Waals surface area contributed by atoms with Crippen molar-refractivity contribution in [2.75, 3.05) is 19.7 Å². The summed E-state index contributed by atoms with van der Waals surface area (Å²) in [5.74, 6) is 0.579. The van der Waals surface area contributed by atoms with E-state index in [-0.39, 0.29) is 29.5 Å². The first-order valence-corrected chi connectivity index (χ1v) is 10.7. The fraction of sp³-hybridized carbons (Fsp3) is 0.500. The number of likely N-dealkylation sites (tertiary alicyclic amines) is 1. The second kappa shape index (κ2) is 8.54. The SMILES string of the molecule is CCOC(=O)[C@@H]1C[C@H](CC(=O)c2ccc3ccccc3c2O)CN1CC1CCC1. The summed E-state index contributed by atoms with van der Waals surface area (Å²) in [6.07, 6.45) is 4.70. The Hall–Kier alpha value is -2.40. The van der Waals surface area contributed by atoms with Crippen molar-refractivity contribution in [1.29, 1.82) is 0 Å². The number of esters is 1. The summed E-state index contributed by atoms with van der Waals surface area (Å²) in [5.41, 5.74) is 0.369. The van der Waals surface area contributed by atoms with Gasteiger partial charge in [0.25, 0.3) is 0 Å². The number of benzene rings is 2. The molecule has 2 fully saturated rings. The maximum absolute atomic E-state index is 13.0. The molecule has 1 N–H and O–H groups in total. The molecule has 4 rings (SSSR count). The topological polar surface area (TPSA) is 66.8 Å². The number of phenols is 1. The summed E-state index contributed by atoms with van der Waals surface area (Å²) in [5, 5.41) is 12.2. The summed E-state index contributed by atoms with van der Waals surface area (Å²) >= 11 is 0. The molecule has 0 aromatic heterocycles. The van der Waals surface area contributed by atoms with Gasteiger partial charge in [-0.15, -0.1) is 0 Å². The average molecular weight is 395 g/mol. The van der Waals surface area contributed by atoms with Crippen LogP contribution in [0.15, 0.2) is 36.4 Å². The number of aromatic hydroxyl groups is 1. The Morgan fingerprint density at radius 1 is 1.14 bits per heavy atom. The highest BCUT2D eigenvalue weighted by atomic mass is 16.5. The van der Waals surface area contributed by atoms with Crippen LogP contribution in [0.5, 0.6) is 5.75 Å². The minimum Gasteiger partial charge on any atom is -0.507 e. The van der Waals surface area contributed by atoms with E-state index in [4.69, 9.17) is 4.74 Å². The number of ether oxygens (including phenoxy) is 1. The number of hydrogen-bond donors (Lipinski definition) is 1. The number of carbonyl (C=O) groups excluding carboxylic acids is 2. The van der Waals surface area contributed by atoms with Crippen LogP contribution in [0.4, 0.5) is 0 Å². The molecule has 2 aromatic rings. The van der Waals surface area contributed by atoms with Crippen molar-refractivity contribution in [3.8, 4) is 5.75 Å². The van der Waals surface area contributed by atoms with Crippen LogP contribution in [0.1, 0.15) is 49.4 Å². The summed E-state index contributed by atoms with van der Waals surface area (Å²) in [4.78, 5) is 27.6. The number of ketones is 1. The standard InChI is InChI=1S/C24H29NO4/c1-2-29-24(28)21-12-17(15-25(21)14-16-6-5-7-16)13-22(26)20-11-10-18-8-3-4-9-19(18)23(20)27/h3-4,8-11,16-17,21,27H,2,5-7,12-15H2,1H3/t17-,21+/m1/s1. The molecule has 0 bridgehead atoms. The van der Waals surface area contributed by atoms with Gasteiger partial charge in [-0.25, -0.2) is 0 Å². The van der Waals surface area contributed by atoms with Crippen molar-refractivity contribution >= 4 is 22.5 Å². The lowest BCUT2D eigenvalue weighted by Crippen LogP contribution is -2.41. The molecule has 1 aliphatic carbocycles. The molecule has 2 aromatic carbocycles. The Morgan fingerprint density at radius 3 is 2.66 bits per heavy atom. The molecule has 5 heteroatoms. The molecule has 154 valence electrons. The van der Waals surface area contributed by atoms with E-state index in [1.165, 1.54) is 19.3 Å². The molecule has 1 heterocycles. The van der Waals surface area contributed by atoms with Gasteiger partial charge in [0.2, 0.25) is 0 Å². The Kier molecular flexibility index (Phi) is 5.86. The first-order chi connectivity index (χ1) is 14.1. The highest BCUT2D eigenvalue weighted by Crippen LogP contribution is 2.35. The van der Waals surface area contributed by atoms with E-state index >= 15 is 0 Å². The summed E-state index contributed by atoms with van der Waals surface area (Å²) in [6, 6.07) is 10.9. The second-order valence-corrected chi connectivity index (χ2v) is 8.43. The molecule has 0 spiro atoms. The molecule has 2 aliphatic rings. The van der Waals surface area contributed by atoms with Crippen LogP contribution in [0.3, 0.4) is 0 Å². The number of rotatable bonds is 7. The van der Waals surface area contributed by atoms with Crippen molar-refractivity contribution in [3.63, 3.8) is 0 Å². The molecule has 0 radical (unpaired) electrons. The zero-order valence-corrected chi connectivity index (χ0v) is 17.0. The third-order valence-corrected chi connectivity index (χ3v) is 6.44. The lowest BCUT2D eigenvalue weighted by atomic mass is 9.85. The quantitative estimate of drug-likeness (QED) is 0.563. The Bertz CT molecular complexity index is 905. The Labute approximate surface area is 171 Å². The molecule has 1 saturated heterocycles. The molecule has 29 heavy (non-hydrogen) atoms. The van der Waals surface area contributed by atoms with E-state index in [1.54, 1.807) is 6.07 Å². The van der Waals surface area contributed by atoms with Gasteiger partial charge in [-0.1, -0.05) is 36.8 Å². The van der Waals surface area contributed by atoms with Crippen LogP contribution >= 0.6 is 0 Å². The number of hydrogen-bond acceptors (Lipinski definition) is 5. The van der Waals surface area contributed by atoms with Crippen molar-refractivity contribution in [1.82, 2.24) is 4.90 Å². The average Bonchev–Trinajstić information content (AvgIpc) is 3.08. The number of fused-ring (bicyclic) bond motifs is 1. The van der Waals surface area contributed by atoms with Gasteiger partial charge in [-0.2, -0.15) is 0 Å². The van der Waals surface area contributed by atoms with Gasteiger partial charge < -0.3 is 9.84 Å². The zero-order valence-electron chi connectivity index (χ0n) is 17.0. The normalized spacial score (nSPS) is 22.5. The maximum Gasteiger partial charge on any atom is 0.323 e. The van der Waals surface area contributed by atoms with Crippen LogP contribution in [-0.2, 0) is 9.53 Å². The van der Waals surface area contributed by atoms with Gasteiger partial charge in [0.1, 0.15) is 11.8 Å². The highest BCUT2D eigenvalue weighted by Gasteiger charge is 2.40. The van der Waals surface area contributed by atoms with Crippen molar-refractivity contribution in [2.45, 2.75) is 45.1 Å². The van der Waals surface area contributed by atoms with Crippen LogP contribution in [0.25, 0.3) is 10.8 Å². The third-order valence-electron chi connectivity index (χ3n) is 6.44. The van der Waals surface area contributed by atoms with Crippen LogP contribution < -0.4 is 0 Å². The lowest BCUT2D eigenvalue weighted by molar-refractivity contribution is -0.148. The summed E-state index contributed by atoms with van der Waals surface area (Å²) < 4.78 is 5.29. The number of nitrogens with zero attached hydrogens (tertiary/aromatic N) is 1. The monoisotopic (exact) mass is 395 g/mol. The molecule has 1 saturated carbocycles. The van der Waals surface area contributed by atoms with Gasteiger partial charge >= 0.3 is 5.97 Å². The molecule has 0 amide bonds. The number of phenolic OH excluding ortho intramolecular Hbond substituents is 1. The van der Waals surface area contributed by atoms with Gasteiger partial charge in [-0.3, -0.25) is 14.5 Å². The largest absolute Gasteiger partial charge is 0.507 e. The van der Waals surface area contributed by atoms with Crippen molar-refractivity contribution < 1.29 is 19.4 Å². The predicted molar refractivity (Wildman–Crippen MR) is 112 cm³/mol. The van der Waals surface area contributed by atoms with Crippen LogP contribution in [0, 0.1) is 11.8 Å². The molecular weight excluding hydrogens is 366 g/mol. The van der Waals surface area contributed by atoms with E-state index in [2.05, 4.69) is 4.90 Å². The number of carbonyl (C=O) groups is 2. The van der Waals surface area contributed by atoms with Gasteiger partial charge in [0, 0.05) is 24.9 Å². The first kappa shape index (κ1) is 19.9. The highest BCUT2D eigenvalue weighted by molar-refractivity contribution is 6.04. The predicted octanol–water partition coefficient (Wildman–Crippen LogP) is 4.17. The van der Waals surface area contributed by atoms with E-state index in [0.29, 0.717) is 36.3 Å². The van der Waals surface area contributed by atoms with Gasteiger partial charge in [0.05, 0.1) is 12.2 Å². The van der Waals surface area contributed by atoms with E-state index in [0.717, 1.165) is 18.5 Å². The smallest absolute Gasteiger partial charge is 0.323 e. The van der Waals surface area contributed by atoms with E-state index < -0.39 is 0 Å². The van der Waals surface area contributed by atoms with Crippen LogP contribution in [-0.4, -0.2) is 47.5 Å². The molecular formula is C24H29NO4. The fourth-order valence-electron chi connectivity index (χ4n) is 4.69. The lowest BCUT2D eigenvalue weighted by Gasteiger charge is -2.32.